The van der Waals surface area contributed by atoms with Crippen molar-refractivity contribution in [2.75, 3.05) is 25.0 Å². The SMILES string of the molecule is CCNCCOc1ccc(Oc2ccc3nc(Nc4cnn(C(C)C)n4)ncc3c2)nc1. The van der Waals surface area contributed by atoms with Gasteiger partial charge in [-0.05, 0) is 44.7 Å². The van der Waals surface area contributed by atoms with Crippen molar-refractivity contribution in [3.63, 3.8) is 0 Å². The molecule has 4 aromatic rings. The van der Waals surface area contributed by atoms with Gasteiger partial charge in [-0.1, -0.05) is 6.92 Å². The number of hydrogen-bond acceptors (Lipinski definition) is 9. The zero-order chi connectivity index (χ0) is 22.3. The Morgan fingerprint density at radius 3 is 2.66 bits per heavy atom. The number of nitrogens with one attached hydrogen (secondary N) is 2. The van der Waals surface area contributed by atoms with Crippen molar-refractivity contribution in [1.29, 1.82) is 0 Å². The minimum atomic E-state index is 0.183. The van der Waals surface area contributed by atoms with Gasteiger partial charge in [0.1, 0.15) is 18.1 Å². The lowest BCUT2D eigenvalue weighted by atomic mass is 10.2. The predicted molar refractivity (Wildman–Crippen MR) is 122 cm³/mol. The highest BCUT2D eigenvalue weighted by molar-refractivity contribution is 5.80. The van der Waals surface area contributed by atoms with Crippen molar-refractivity contribution < 1.29 is 9.47 Å². The van der Waals surface area contributed by atoms with Crippen LogP contribution in [0.15, 0.2) is 48.9 Å². The van der Waals surface area contributed by atoms with E-state index in [9.17, 15) is 0 Å². The summed E-state index contributed by atoms with van der Waals surface area (Å²) in [6.07, 6.45) is 5.04. The highest BCUT2D eigenvalue weighted by Gasteiger charge is 2.08. The van der Waals surface area contributed by atoms with E-state index in [0.29, 0.717) is 35.8 Å². The van der Waals surface area contributed by atoms with E-state index in [1.165, 1.54) is 0 Å². The van der Waals surface area contributed by atoms with Gasteiger partial charge in [0, 0.05) is 24.2 Å². The lowest BCUT2D eigenvalue weighted by molar-refractivity contribution is 0.313. The zero-order valence-electron chi connectivity index (χ0n) is 18.3. The van der Waals surface area contributed by atoms with E-state index in [1.807, 2.05) is 38.1 Å². The van der Waals surface area contributed by atoms with Crippen molar-refractivity contribution in [1.82, 2.24) is 35.3 Å². The van der Waals surface area contributed by atoms with Crippen LogP contribution in [0.3, 0.4) is 0 Å². The number of benzene rings is 1. The van der Waals surface area contributed by atoms with Crippen LogP contribution < -0.4 is 20.1 Å². The number of rotatable bonds is 10. The van der Waals surface area contributed by atoms with Gasteiger partial charge in [-0.2, -0.15) is 9.90 Å². The zero-order valence-corrected chi connectivity index (χ0v) is 18.3. The van der Waals surface area contributed by atoms with Gasteiger partial charge in [0.25, 0.3) is 0 Å². The van der Waals surface area contributed by atoms with Crippen LogP contribution in [-0.4, -0.2) is 49.6 Å². The van der Waals surface area contributed by atoms with Gasteiger partial charge in [0.2, 0.25) is 11.8 Å². The molecule has 4 rings (SSSR count). The standard InChI is InChI=1S/C22H26N8O2/c1-4-23-9-10-31-18-6-8-21(24-13-18)32-17-5-7-19-16(11-17)12-25-22(27-19)28-20-14-26-30(29-20)15(2)3/h5-8,11-15,23H,4,9-10H2,1-3H3,(H,25,27,28,29). The number of aromatic nitrogens is 6. The molecule has 0 bridgehead atoms. The molecule has 0 saturated carbocycles. The third-order valence-corrected chi connectivity index (χ3v) is 4.49. The summed E-state index contributed by atoms with van der Waals surface area (Å²) in [4.78, 5) is 14.8. The number of fused-ring (bicyclic) bond motifs is 1. The van der Waals surface area contributed by atoms with Crippen LogP contribution in [-0.2, 0) is 0 Å². The van der Waals surface area contributed by atoms with Gasteiger partial charge < -0.3 is 20.1 Å². The van der Waals surface area contributed by atoms with E-state index in [2.05, 4.69) is 42.7 Å². The first-order valence-electron chi connectivity index (χ1n) is 10.5. The molecule has 0 atom stereocenters. The van der Waals surface area contributed by atoms with Gasteiger partial charge in [-0.15, -0.1) is 5.10 Å². The molecule has 0 aliphatic rings. The summed E-state index contributed by atoms with van der Waals surface area (Å²) in [5.41, 5.74) is 0.781. The first-order chi connectivity index (χ1) is 15.6. The quantitative estimate of drug-likeness (QED) is 0.361. The Balaban J connectivity index is 1.39. The summed E-state index contributed by atoms with van der Waals surface area (Å²) < 4.78 is 11.5. The molecule has 0 fully saturated rings. The minimum Gasteiger partial charge on any atom is -0.491 e. The van der Waals surface area contributed by atoms with Crippen LogP contribution in [0.4, 0.5) is 11.8 Å². The maximum atomic E-state index is 5.86. The van der Waals surface area contributed by atoms with Gasteiger partial charge in [0.15, 0.2) is 5.82 Å². The fourth-order valence-electron chi connectivity index (χ4n) is 2.88. The normalized spacial score (nSPS) is 11.1. The van der Waals surface area contributed by atoms with Crippen LogP contribution in [0.25, 0.3) is 10.9 Å². The molecule has 0 amide bonds. The fraction of sp³-hybridized carbons (Fsp3) is 0.318. The van der Waals surface area contributed by atoms with Gasteiger partial charge in [0.05, 0.1) is 24.0 Å². The topological polar surface area (TPSA) is 112 Å². The van der Waals surface area contributed by atoms with Gasteiger partial charge >= 0.3 is 0 Å². The minimum absolute atomic E-state index is 0.183. The molecule has 0 radical (unpaired) electrons. The van der Waals surface area contributed by atoms with Crippen molar-refractivity contribution in [3.8, 4) is 17.4 Å². The van der Waals surface area contributed by atoms with E-state index < -0.39 is 0 Å². The van der Waals surface area contributed by atoms with Crippen LogP contribution in [0.1, 0.15) is 26.8 Å². The van der Waals surface area contributed by atoms with Crippen molar-refractivity contribution in [2.45, 2.75) is 26.8 Å². The molecule has 10 heteroatoms. The number of hydrogen-bond donors (Lipinski definition) is 2. The molecule has 2 N–H and O–H groups in total. The lowest BCUT2D eigenvalue weighted by Gasteiger charge is -2.09. The van der Waals surface area contributed by atoms with Crippen LogP contribution >= 0.6 is 0 Å². The molecule has 166 valence electrons. The van der Waals surface area contributed by atoms with E-state index in [0.717, 1.165) is 24.0 Å². The van der Waals surface area contributed by atoms with Crippen molar-refractivity contribution in [3.05, 3.63) is 48.9 Å². The molecule has 0 aliphatic heterocycles. The highest BCUT2D eigenvalue weighted by Crippen LogP contribution is 2.25. The Morgan fingerprint density at radius 1 is 1.03 bits per heavy atom. The second-order valence-corrected chi connectivity index (χ2v) is 7.32. The predicted octanol–water partition coefficient (Wildman–Crippen LogP) is 3.72. The molecule has 0 saturated heterocycles. The third kappa shape index (κ3) is 5.46. The molecule has 0 unspecified atom stereocenters. The van der Waals surface area contributed by atoms with E-state index in [4.69, 9.17) is 9.47 Å². The molecule has 10 nitrogen and oxygen atoms in total. The van der Waals surface area contributed by atoms with E-state index in [1.54, 1.807) is 29.5 Å². The summed E-state index contributed by atoms with van der Waals surface area (Å²) >= 11 is 0. The molecule has 3 heterocycles. The van der Waals surface area contributed by atoms with Crippen LogP contribution in [0, 0.1) is 0 Å². The van der Waals surface area contributed by atoms with Gasteiger partial charge in [-0.25, -0.2) is 15.0 Å². The number of pyridine rings is 1. The molecule has 3 aromatic heterocycles. The molecule has 1 aromatic carbocycles. The van der Waals surface area contributed by atoms with Crippen molar-refractivity contribution >= 4 is 22.7 Å². The maximum Gasteiger partial charge on any atom is 0.229 e. The Labute approximate surface area is 186 Å². The lowest BCUT2D eigenvalue weighted by Crippen LogP contribution is -2.20. The smallest absolute Gasteiger partial charge is 0.229 e. The maximum absolute atomic E-state index is 5.86. The van der Waals surface area contributed by atoms with E-state index in [-0.39, 0.29) is 6.04 Å². The summed E-state index contributed by atoms with van der Waals surface area (Å²) in [6.45, 7) is 8.39. The van der Waals surface area contributed by atoms with Crippen LogP contribution in [0.5, 0.6) is 17.4 Å². The molecular formula is C22H26N8O2. The Morgan fingerprint density at radius 2 is 1.91 bits per heavy atom. The van der Waals surface area contributed by atoms with Crippen molar-refractivity contribution in [2.24, 2.45) is 0 Å². The second kappa shape index (κ2) is 10.0. The summed E-state index contributed by atoms with van der Waals surface area (Å²) in [6, 6.07) is 9.39. The first-order valence-corrected chi connectivity index (χ1v) is 10.5. The number of ether oxygens (including phenoxy) is 2. The summed E-state index contributed by atoms with van der Waals surface area (Å²) in [5, 5.41) is 15.7. The van der Waals surface area contributed by atoms with E-state index >= 15 is 0 Å². The molecule has 0 spiro atoms. The molecule has 32 heavy (non-hydrogen) atoms. The first kappa shape index (κ1) is 21.4. The molecule has 0 aliphatic carbocycles. The Kier molecular flexibility index (Phi) is 6.71. The highest BCUT2D eigenvalue weighted by atomic mass is 16.5. The monoisotopic (exact) mass is 434 g/mol. The third-order valence-electron chi connectivity index (χ3n) is 4.49. The summed E-state index contributed by atoms with van der Waals surface area (Å²) in [7, 11) is 0. The molecular weight excluding hydrogens is 408 g/mol. The Bertz CT molecular complexity index is 1160. The average molecular weight is 435 g/mol. The number of likely N-dealkylation sites (N-methyl/N-ethyl adjacent to an activating group) is 1. The second-order valence-electron chi connectivity index (χ2n) is 7.32. The number of nitrogens with zero attached hydrogens (tertiary/aromatic N) is 6. The fourth-order valence-corrected chi connectivity index (χ4v) is 2.88. The van der Waals surface area contributed by atoms with Crippen LogP contribution in [0.2, 0.25) is 0 Å². The Hall–Kier alpha value is -3.79. The largest absolute Gasteiger partial charge is 0.491 e. The average Bonchev–Trinajstić information content (AvgIpc) is 3.27. The number of anilines is 2. The summed E-state index contributed by atoms with van der Waals surface area (Å²) in [5.74, 6) is 2.88. The van der Waals surface area contributed by atoms with Gasteiger partial charge in [-0.3, -0.25) is 0 Å².